The molecular weight excluding hydrogens is 279 g/mol. The summed E-state index contributed by atoms with van der Waals surface area (Å²) in [5.41, 5.74) is 0.907. The van der Waals surface area contributed by atoms with Gasteiger partial charge in [-0.15, -0.1) is 0 Å². The molecule has 0 fully saturated rings. The lowest BCUT2D eigenvalue weighted by molar-refractivity contribution is 0.0955. The third kappa shape index (κ3) is 2.57. The van der Waals surface area contributed by atoms with Crippen molar-refractivity contribution >= 4 is 5.78 Å². The lowest BCUT2D eigenvalue weighted by atomic mass is 10.1. The zero-order valence-corrected chi connectivity index (χ0v) is 10.9. The molecule has 0 unspecified atom stereocenters. The Morgan fingerprint density at radius 3 is 2.52 bits per heavy atom. The average molecular weight is 289 g/mol. The van der Waals surface area contributed by atoms with Crippen LogP contribution < -0.4 is 0 Å². The molecule has 0 spiro atoms. The summed E-state index contributed by atoms with van der Waals surface area (Å²) >= 11 is 0. The summed E-state index contributed by atoms with van der Waals surface area (Å²) in [6, 6.07) is 2.82. The number of carbonyl (C=O) groups excluding carboxylic acids is 1. The number of aromatic nitrogens is 1. The summed E-state index contributed by atoms with van der Waals surface area (Å²) in [5.74, 6) is 1.88. The average Bonchev–Trinajstić information content (AvgIpc) is 2.86. The summed E-state index contributed by atoms with van der Waals surface area (Å²) in [4.78, 5) is 11.7. The van der Waals surface area contributed by atoms with Gasteiger partial charge in [0.05, 0.1) is 11.3 Å². The third-order valence-corrected chi connectivity index (χ3v) is 3.34. The number of Topliss-reactive ketones (excluding diaryl/α,β-unsaturated/α-hetero) is 1. The van der Waals surface area contributed by atoms with E-state index < -0.39 is 17.5 Å². The molecule has 106 valence electrons. The maximum Gasteiger partial charge on any atom is 0.179 e. The van der Waals surface area contributed by atoms with E-state index in [9.17, 15) is 18.0 Å². The molecule has 1 aliphatic heterocycles. The highest BCUT2D eigenvalue weighted by Gasteiger charge is 2.17. The Hall–Kier alpha value is -2.48. The van der Waals surface area contributed by atoms with Gasteiger partial charge in [-0.3, -0.25) is 4.79 Å². The first-order valence-electron chi connectivity index (χ1n) is 6.44. The summed E-state index contributed by atoms with van der Waals surface area (Å²) in [6.07, 6.45) is 3.00. The molecule has 5 heteroatoms. The van der Waals surface area contributed by atoms with Gasteiger partial charge in [0.1, 0.15) is 5.82 Å². The van der Waals surface area contributed by atoms with E-state index in [0.717, 1.165) is 19.0 Å². The van der Waals surface area contributed by atoms with Crippen LogP contribution in [0.25, 0.3) is 0 Å². The molecule has 3 rings (SSSR count). The van der Waals surface area contributed by atoms with Gasteiger partial charge in [-0.1, -0.05) is 11.8 Å². The van der Waals surface area contributed by atoms with Crippen molar-refractivity contribution in [2.45, 2.75) is 19.4 Å². The molecule has 0 saturated heterocycles. The lowest BCUT2D eigenvalue weighted by Gasteiger charge is -2.12. The number of halogens is 3. The Kier molecular flexibility index (Phi) is 3.30. The minimum Gasteiger partial charge on any atom is -0.344 e. The largest absolute Gasteiger partial charge is 0.344 e. The smallest absolute Gasteiger partial charge is 0.179 e. The van der Waals surface area contributed by atoms with Crippen LogP contribution in [-0.2, 0) is 6.54 Å². The summed E-state index contributed by atoms with van der Waals surface area (Å²) < 4.78 is 41.1. The minimum absolute atomic E-state index is 0.0494. The van der Waals surface area contributed by atoms with Crippen LogP contribution in [0, 0.1) is 29.3 Å². The van der Waals surface area contributed by atoms with E-state index in [1.165, 1.54) is 0 Å². The molecule has 1 aromatic carbocycles. The van der Waals surface area contributed by atoms with Crippen molar-refractivity contribution < 1.29 is 18.0 Å². The zero-order valence-electron chi connectivity index (χ0n) is 10.9. The van der Waals surface area contributed by atoms with Crippen LogP contribution >= 0.6 is 0 Å². The minimum atomic E-state index is -1.25. The zero-order chi connectivity index (χ0) is 15.0. The summed E-state index contributed by atoms with van der Waals surface area (Å²) in [5, 5.41) is 0. The lowest BCUT2D eigenvalue weighted by Crippen LogP contribution is -2.14. The van der Waals surface area contributed by atoms with Crippen LogP contribution in [0.2, 0.25) is 0 Å². The van der Waals surface area contributed by atoms with E-state index in [4.69, 9.17) is 0 Å². The van der Waals surface area contributed by atoms with E-state index in [1.54, 1.807) is 16.8 Å². The van der Waals surface area contributed by atoms with Crippen molar-refractivity contribution in [3.8, 4) is 11.8 Å². The van der Waals surface area contributed by atoms with Gasteiger partial charge in [0, 0.05) is 30.8 Å². The maximum absolute atomic E-state index is 13.5. The molecule has 0 amide bonds. The van der Waals surface area contributed by atoms with Gasteiger partial charge in [0.2, 0.25) is 0 Å². The second-order valence-corrected chi connectivity index (χ2v) is 4.83. The fourth-order valence-electron chi connectivity index (χ4n) is 2.29. The van der Waals surface area contributed by atoms with Gasteiger partial charge in [0.15, 0.2) is 17.4 Å². The van der Waals surface area contributed by atoms with Crippen molar-refractivity contribution in [3.05, 3.63) is 58.7 Å². The number of carbonyl (C=O) groups is 1. The summed E-state index contributed by atoms with van der Waals surface area (Å²) in [7, 11) is 0. The molecule has 0 aliphatic carbocycles. The SMILES string of the molecule is O=C1CCCn2cc(C#Cc3cc(F)c(F)cc3F)cc21. The third-order valence-electron chi connectivity index (χ3n) is 3.34. The molecular formula is C16H10F3NO. The van der Waals surface area contributed by atoms with Crippen LogP contribution in [0.1, 0.15) is 34.5 Å². The van der Waals surface area contributed by atoms with Gasteiger partial charge in [-0.05, 0) is 18.6 Å². The van der Waals surface area contributed by atoms with Crippen molar-refractivity contribution in [3.63, 3.8) is 0 Å². The van der Waals surface area contributed by atoms with Crippen molar-refractivity contribution in [1.29, 1.82) is 0 Å². The molecule has 1 aliphatic rings. The molecule has 0 atom stereocenters. The monoisotopic (exact) mass is 289 g/mol. The Bertz CT molecular complexity index is 796. The van der Waals surface area contributed by atoms with Crippen LogP contribution in [0.4, 0.5) is 13.2 Å². The highest BCUT2D eigenvalue weighted by Crippen LogP contribution is 2.18. The number of hydrogen-bond donors (Lipinski definition) is 0. The van der Waals surface area contributed by atoms with Crippen molar-refractivity contribution in [1.82, 2.24) is 4.57 Å². The number of benzene rings is 1. The fourth-order valence-corrected chi connectivity index (χ4v) is 2.29. The van der Waals surface area contributed by atoms with E-state index in [1.807, 2.05) is 0 Å². The van der Waals surface area contributed by atoms with Crippen LogP contribution in [0.15, 0.2) is 24.4 Å². The number of nitrogens with zero attached hydrogens (tertiary/aromatic N) is 1. The van der Waals surface area contributed by atoms with Crippen molar-refractivity contribution in [2.75, 3.05) is 0 Å². The quantitative estimate of drug-likeness (QED) is 0.539. The van der Waals surface area contributed by atoms with Crippen LogP contribution in [-0.4, -0.2) is 10.4 Å². The van der Waals surface area contributed by atoms with E-state index in [0.29, 0.717) is 23.7 Å². The van der Waals surface area contributed by atoms with E-state index in [2.05, 4.69) is 11.8 Å². The number of ketones is 1. The second-order valence-electron chi connectivity index (χ2n) is 4.83. The topological polar surface area (TPSA) is 22.0 Å². The molecule has 2 heterocycles. The number of hydrogen-bond acceptors (Lipinski definition) is 1. The molecule has 0 radical (unpaired) electrons. The van der Waals surface area contributed by atoms with Crippen LogP contribution in [0.5, 0.6) is 0 Å². The highest BCUT2D eigenvalue weighted by molar-refractivity contribution is 5.95. The molecule has 1 aromatic heterocycles. The Morgan fingerprint density at radius 1 is 1.00 bits per heavy atom. The molecule has 21 heavy (non-hydrogen) atoms. The van der Waals surface area contributed by atoms with Gasteiger partial charge in [-0.25, -0.2) is 13.2 Å². The molecule has 2 aromatic rings. The van der Waals surface area contributed by atoms with Gasteiger partial charge in [0.25, 0.3) is 0 Å². The molecule has 2 nitrogen and oxygen atoms in total. The first-order valence-corrected chi connectivity index (χ1v) is 6.44. The Balaban J connectivity index is 1.95. The van der Waals surface area contributed by atoms with Crippen LogP contribution in [0.3, 0.4) is 0 Å². The first kappa shape index (κ1) is 13.5. The number of fused-ring (bicyclic) bond motifs is 1. The van der Waals surface area contributed by atoms with Gasteiger partial charge in [-0.2, -0.15) is 0 Å². The maximum atomic E-state index is 13.5. The Morgan fingerprint density at radius 2 is 1.76 bits per heavy atom. The Labute approximate surface area is 119 Å². The fraction of sp³-hybridized carbons (Fsp3) is 0.188. The molecule has 0 N–H and O–H groups in total. The van der Waals surface area contributed by atoms with Gasteiger partial charge < -0.3 is 4.57 Å². The predicted octanol–water partition coefficient (Wildman–Crippen LogP) is 3.28. The predicted molar refractivity (Wildman–Crippen MR) is 70.3 cm³/mol. The molecule has 0 bridgehead atoms. The first-order chi connectivity index (χ1) is 10.0. The number of aryl methyl sites for hydroxylation is 1. The second kappa shape index (κ2) is 5.13. The molecule has 0 saturated carbocycles. The summed E-state index contributed by atoms with van der Waals surface area (Å²) in [6.45, 7) is 0.738. The highest BCUT2D eigenvalue weighted by atomic mass is 19.2. The number of rotatable bonds is 0. The van der Waals surface area contributed by atoms with Crippen molar-refractivity contribution in [2.24, 2.45) is 0 Å². The van der Waals surface area contributed by atoms with Gasteiger partial charge >= 0.3 is 0 Å². The standard InChI is InChI=1S/C16H10F3NO/c17-12-8-14(19)13(18)7-11(12)4-3-10-6-15-16(21)2-1-5-20(15)9-10/h6-9H,1-2,5H2. The normalized spacial score (nSPS) is 13.6. The van der Waals surface area contributed by atoms with E-state index >= 15 is 0 Å². The van der Waals surface area contributed by atoms with E-state index in [-0.39, 0.29) is 11.3 Å².